The summed E-state index contributed by atoms with van der Waals surface area (Å²) in [6.45, 7) is 10.3. The molecule has 0 saturated heterocycles. The summed E-state index contributed by atoms with van der Waals surface area (Å²) in [5.74, 6) is 0.0443. The van der Waals surface area contributed by atoms with Gasteiger partial charge in [-0.1, -0.05) is 56.5 Å². The molecule has 0 fully saturated rings. The van der Waals surface area contributed by atoms with Gasteiger partial charge in [0.2, 0.25) is 0 Å². The van der Waals surface area contributed by atoms with Gasteiger partial charge in [-0.25, -0.2) is 0 Å². The summed E-state index contributed by atoms with van der Waals surface area (Å²) in [5.41, 5.74) is 6.69. The van der Waals surface area contributed by atoms with Crippen LogP contribution in [0.25, 0.3) is 0 Å². The zero-order valence-corrected chi connectivity index (χ0v) is 17.5. The van der Waals surface area contributed by atoms with E-state index in [1.165, 1.54) is 5.56 Å². The minimum absolute atomic E-state index is 0.0443. The standard InChI is InChI=1S/C23H29O2P/c1-6-7-8-13-21(26-25)19-11-9-10-12-20(19)23(24)22-16(3)14-15(2)17(4)18(22)5/h9-12,14,21H,6-8,13H2,1-5H3. The fourth-order valence-electron chi connectivity index (χ4n) is 3.62. The number of hydrogen-bond acceptors (Lipinski definition) is 2. The Hall–Kier alpha value is -1.79. The van der Waals surface area contributed by atoms with Crippen molar-refractivity contribution >= 4 is 14.2 Å². The first-order valence-electron chi connectivity index (χ1n) is 9.45. The number of hydrogen-bond donors (Lipinski definition) is 0. The Morgan fingerprint density at radius 1 is 1.00 bits per heavy atom. The molecular weight excluding hydrogens is 339 g/mol. The fourth-order valence-corrected chi connectivity index (χ4v) is 4.24. The van der Waals surface area contributed by atoms with Crippen LogP contribution in [0.4, 0.5) is 0 Å². The van der Waals surface area contributed by atoms with Gasteiger partial charge in [0.1, 0.15) is 0 Å². The van der Waals surface area contributed by atoms with Crippen molar-refractivity contribution in [2.75, 3.05) is 0 Å². The van der Waals surface area contributed by atoms with Crippen LogP contribution in [-0.4, -0.2) is 5.78 Å². The summed E-state index contributed by atoms with van der Waals surface area (Å²) < 4.78 is 11.8. The average molecular weight is 368 g/mol. The Kier molecular flexibility index (Phi) is 7.29. The second-order valence-electron chi connectivity index (χ2n) is 7.17. The van der Waals surface area contributed by atoms with E-state index in [9.17, 15) is 9.36 Å². The van der Waals surface area contributed by atoms with Crippen LogP contribution in [0.5, 0.6) is 0 Å². The van der Waals surface area contributed by atoms with Crippen molar-refractivity contribution < 1.29 is 9.36 Å². The van der Waals surface area contributed by atoms with Gasteiger partial charge in [-0.3, -0.25) is 9.36 Å². The van der Waals surface area contributed by atoms with Crippen LogP contribution in [0, 0.1) is 27.7 Å². The van der Waals surface area contributed by atoms with Crippen molar-refractivity contribution in [2.45, 2.75) is 66.0 Å². The quantitative estimate of drug-likeness (QED) is 0.284. The highest BCUT2D eigenvalue weighted by Gasteiger charge is 2.23. The van der Waals surface area contributed by atoms with E-state index in [-0.39, 0.29) is 19.9 Å². The molecule has 0 aliphatic heterocycles. The lowest BCUT2D eigenvalue weighted by atomic mass is 9.87. The molecule has 1 atom stereocenters. The molecule has 2 rings (SSSR count). The zero-order valence-electron chi connectivity index (χ0n) is 16.6. The van der Waals surface area contributed by atoms with Crippen molar-refractivity contribution in [2.24, 2.45) is 0 Å². The first kappa shape index (κ1) is 20.5. The van der Waals surface area contributed by atoms with Crippen LogP contribution >= 0.6 is 8.46 Å². The summed E-state index contributed by atoms with van der Waals surface area (Å²) in [4.78, 5) is 13.4. The number of benzene rings is 2. The van der Waals surface area contributed by atoms with Crippen LogP contribution < -0.4 is 0 Å². The van der Waals surface area contributed by atoms with Crippen LogP contribution in [0.3, 0.4) is 0 Å². The monoisotopic (exact) mass is 368 g/mol. The summed E-state index contributed by atoms with van der Waals surface area (Å²) in [6.07, 6.45) is 4.12. The predicted octanol–water partition coefficient (Wildman–Crippen LogP) is 7.06. The fraction of sp³-hybridized carbons (Fsp3) is 0.435. The third-order valence-corrected chi connectivity index (χ3v) is 6.15. The van der Waals surface area contributed by atoms with E-state index in [4.69, 9.17) is 0 Å². The van der Waals surface area contributed by atoms with Crippen molar-refractivity contribution in [1.29, 1.82) is 0 Å². The largest absolute Gasteiger partial charge is 0.289 e. The molecule has 2 aromatic rings. The number of rotatable bonds is 8. The number of carbonyl (C=O) groups is 1. The highest BCUT2D eigenvalue weighted by Crippen LogP contribution is 2.36. The Balaban J connectivity index is 2.49. The lowest BCUT2D eigenvalue weighted by Gasteiger charge is -2.18. The smallest absolute Gasteiger partial charge is 0.193 e. The normalized spacial score (nSPS) is 12.3. The summed E-state index contributed by atoms with van der Waals surface area (Å²) >= 11 is 0. The summed E-state index contributed by atoms with van der Waals surface area (Å²) in [5, 5.41) is 0. The Morgan fingerprint density at radius 2 is 1.69 bits per heavy atom. The molecule has 0 radical (unpaired) electrons. The van der Waals surface area contributed by atoms with Gasteiger partial charge >= 0.3 is 0 Å². The van der Waals surface area contributed by atoms with Gasteiger partial charge in [-0.2, -0.15) is 0 Å². The number of ketones is 1. The molecule has 1 unspecified atom stereocenters. The van der Waals surface area contributed by atoms with E-state index >= 15 is 0 Å². The molecule has 2 aromatic carbocycles. The zero-order chi connectivity index (χ0) is 19.3. The Bertz CT molecular complexity index is 808. The van der Waals surface area contributed by atoms with E-state index in [2.05, 4.69) is 26.8 Å². The topological polar surface area (TPSA) is 34.1 Å². The van der Waals surface area contributed by atoms with E-state index in [1.807, 2.05) is 38.1 Å². The van der Waals surface area contributed by atoms with Gasteiger partial charge in [0.05, 0.1) is 5.66 Å². The summed E-state index contributed by atoms with van der Waals surface area (Å²) in [7, 11) is 0.0922. The van der Waals surface area contributed by atoms with Gasteiger partial charge < -0.3 is 0 Å². The molecule has 0 amide bonds. The summed E-state index contributed by atoms with van der Waals surface area (Å²) in [6, 6.07) is 9.75. The highest BCUT2D eigenvalue weighted by atomic mass is 31.1. The second-order valence-corrected chi connectivity index (χ2v) is 8.00. The maximum atomic E-state index is 13.4. The second kappa shape index (κ2) is 9.24. The molecular formula is C23H29O2P. The number of aryl methyl sites for hydroxylation is 2. The van der Waals surface area contributed by atoms with E-state index in [1.54, 1.807) is 0 Å². The van der Waals surface area contributed by atoms with Gasteiger partial charge in [0.15, 0.2) is 14.2 Å². The van der Waals surface area contributed by atoms with E-state index in [0.29, 0.717) is 5.56 Å². The SMILES string of the molecule is CCCCCC(P=O)c1ccccc1C(=O)c1c(C)cc(C)c(C)c1C. The number of unbranched alkanes of at least 4 members (excludes halogenated alkanes) is 2. The molecule has 0 spiro atoms. The van der Waals surface area contributed by atoms with Crippen molar-refractivity contribution in [3.8, 4) is 0 Å². The van der Waals surface area contributed by atoms with Crippen LogP contribution in [0.1, 0.15) is 82.0 Å². The Labute approximate surface area is 159 Å². The van der Waals surface area contributed by atoms with Crippen molar-refractivity contribution in [1.82, 2.24) is 0 Å². The van der Waals surface area contributed by atoms with Crippen LogP contribution in [-0.2, 0) is 4.57 Å². The average Bonchev–Trinajstić information content (AvgIpc) is 2.63. The molecule has 26 heavy (non-hydrogen) atoms. The molecule has 0 N–H and O–H groups in total. The molecule has 0 aliphatic carbocycles. The lowest BCUT2D eigenvalue weighted by Crippen LogP contribution is -2.11. The van der Waals surface area contributed by atoms with E-state index < -0.39 is 0 Å². The van der Waals surface area contributed by atoms with Crippen LogP contribution in [0.2, 0.25) is 0 Å². The van der Waals surface area contributed by atoms with Crippen LogP contribution in [0.15, 0.2) is 30.3 Å². The first-order chi connectivity index (χ1) is 12.4. The van der Waals surface area contributed by atoms with Crippen molar-refractivity contribution in [3.05, 3.63) is 69.3 Å². The maximum absolute atomic E-state index is 13.4. The lowest BCUT2D eigenvalue weighted by molar-refractivity contribution is 0.103. The molecule has 0 heterocycles. The molecule has 0 bridgehead atoms. The third kappa shape index (κ3) is 4.30. The van der Waals surface area contributed by atoms with Gasteiger partial charge in [0.25, 0.3) is 0 Å². The van der Waals surface area contributed by atoms with Gasteiger partial charge in [-0.15, -0.1) is 0 Å². The van der Waals surface area contributed by atoms with Gasteiger partial charge in [-0.05, 0) is 61.9 Å². The highest BCUT2D eigenvalue weighted by molar-refractivity contribution is 7.24. The first-order valence-corrected chi connectivity index (χ1v) is 10.3. The molecule has 2 nitrogen and oxygen atoms in total. The maximum Gasteiger partial charge on any atom is 0.193 e. The number of carbonyl (C=O) groups excluding carboxylic acids is 1. The Morgan fingerprint density at radius 3 is 2.35 bits per heavy atom. The molecule has 0 aromatic heterocycles. The third-order valence-electron chi connectivity index (χ3n) is 5.36. The molecule has 138 valence electrons. The van der Waals surface area contributed by atoms with E-state index in [0.717, 1.165) is 53.5 Å². The molecule has 0 saturated carbocycles. The minimum Gasteiger partial charge on any atom is -0.289 e. The van der Waals surface area contributed by atoms with Gasteiger partial charge in [0, 0.05) is 11.1 Å². The molecule has 0 aliphatic rings. The predicted molar refractivity (Wildman–Crippen MR) is 110 cm³/mol. The minimum atomic E-state index is -0.117. The van der Waals surface area contributed by atoms with Crippen molar-refractivity contribution in [3.63, 3.8) is 0 Å². The molecule has 3 heteroatoms.